The minimum absolute atomic E-state index is 0.0175. The number of likely N-dealkylation sites (tertiary alicyclic amines) is 1. The normalized spacial score (nSPS) is 20.0. The number of hydrogen-bond acceptors (Lipinski definition) is 5. The van der Waals surface area contributed by atoms with E-state index in [2.05, 4.69) is 9.62 Å². The minimum atomic E-state index is -3.75. The van der Waals surface area contributed by atoms with Crippen LogP contribution in [0.5, 0.6) is 11.5 Å². The molecule has 0 spiro atoms. The number of hydrogen-bond donors (Lipinski definition) is 1. The highest BCUT2D eigenvalue weighted by atomic mass is 32.2. The van der Waals surface area contributed by atoms with Gasteiger partial charge in [-0.05, 0) is 68.6 Å². The Morgan fingerprint density at radius 2 is 1.77 bits per heavy atom. The van der Waals surface area contributed by atoms with Crippen LogP contribution in [-0.2, 0) is 10.0 Å². The average molecular weight is 453 g/mol. The SMILES string of the molecule is Cc1ccc(F)cc1S(=O)(=O)NCC1CCN(CC2COc3ccc(F)cc3O2)CC1. The van der Waals surface area contributed by atoms with Crippen LogP contribution in [0.3, 0.4) is 0 Å². The van der Waals surface area contributed by atoms with Crippen LogP contribution in [0.4, 0.5) is 8.78 Å². The maximum Gasteiger partial charge on any atom is 0.240 e. The fourth-order valence-electron chi connectivity index (χ4n) is 4.01. The molecule has 0 saturated carbocycles. The summed E-state index contributed by atoms with van der Waals surface area (Å²) in [7, 11) is -3.75. The standard InChI is InChI=1S/C22H26F2N2O4S/c1-15-2-3-18(24)11-22(15)31(27,28)25-12-16-6-8-26(9-7-16)13-19-14-29-20-5-4-17(23)10-21(20)30-19/h2-5,10-11,16,19,25H,6-9,12-14H2,1H3. The third kappa shape index (κ3) is 5.34. The molecule has 1 atom stereocenters. The first-order valence-corrected chi connectivity index (χ1v) is 11.9. The lowest BCUT2D eigenvalue weighted by molar-refractivity contribution is 0.0477. The van der Waals surface area contributed by atoms with Crippen molar-refractivity contribution in [1.82, 2.24) is 9.62 Å². The number of aryl methyl sites for hydroxylation is 1. The van der Waals surface area contributed by atoms with Crippen molar-refractivity contribution >= 4 is 10.0 Å². The number of fused-ring (bicyclic) bond motifs is 1. The number of nitrogens with zero attached hydrogens (tertiary/aromatic N) is 1. The molecule has 2 aliphatic heterocycles. The Morgan fingerprint density at radius 3 is 2.55 bits per heavy atom. The van der Waals surface area contributed by atoms with E-state index in [0.717, 1.165) is 32.0 Å². The van der Waals surface area contributed by atoms with Crippen LogP contribution in [-0.4, -0.2) is 52.2 Å². The first-order chi connectivity index (χ1) is 14.8. The van der Waals surface area contributed by atoms with Gasteiger partial charge in [-0.3, -0.25) is 4.90 Å². The topological polar surface area (TPSA) is 67.9 Å². The van der Waals surface area contributed by atoms with Gasteiger partial charge in [-0.15, -0.1) is 0 Å². The predicted octanol–water partition coefficient (Wildman–Crippen LogP) is 3.10. The second kappa shape index (κ2) is 9.10. The van der Waals surface area contributed by atoms with E-state index in [9.17, 15) is 17.2 Å². The summed E-state index contributed by atoms with van der Waals surface area (Å²) in [5.41, 5.74) is 0.514. The Hall–Kier alpha value is -2.23. The van der Waals surface area contributed by atoms with Crippen molar-refractivity contribution in [3.05, 3.63) is 53.6 Å². The molecular weight excluding hydrogens is 426 g/mol. The summed E-state index contributed by atoms with van der Waals surface area (Å²) in [5.74, 6) is 0.252. The van der Waals surface area contributed by atoms with Crippen LogP contribution in [0.1, 0.15) is 18.4 Å². The summed E-state index contributed by atoms with van der Waals surface area (Å²) in [4.78, 5) is 2.23. The van der Waals surface area contributed by atoms with Gasteiger partial charge in [0.15, 0.2) is 11.5 Å². The zero-order valence-corrected chi connectivity index (χ0v) is 18.1. The van der Waals surface area contributed by atoms with Gasteiger partial charge in [0.1, 0.15) is 24.3 Å². The molecule has 0 amide bonds. The van der Waals surface area contributed by atoms with E-state index in [1.807, 2.05) is 0 Å². The largest absolute Gasteiger partial charge is 0.486 e. The van der Waals surface area contributed by atoms with Gasteiger partial charge in [-0.1, -0.05) is 6.07 Å². The van der Waals surface area contributed by atoms with E-state index in [4.69, 9.17) is 9.47 Å². The van der Waals surface area contributed by atoms with E-state index < -0.39 is 15.8 Å². The molecule has 0 aliphatic carbocycles. The molecule has 2 heterocycles. The lowest BCUT2D eigenvalue weighted by atomic mass is 9.97. The number of ether oxygens (including phenoxy) is 2. The number of benzene rings is 2. The van der Waals surface area contributed by atoms with Gasteiger partial charge in [0.25, 0.3) is 0 Å². The van der Waals surface area contributed by atoms with Crippen LogP contribution < -0.4 is 14.2 Å². The van der Waals surface area contributed by atoms with Gasteiger partial charge in [0, 0.05) is 19.2 Å². The summed E-state index contributed by atoms with van der Waals surface area (Å²) in [6, 6.07) is 8.01. The quantitative estimate of drug-likeness (QED) is 0.730. The summed E-state index contributed by atoms with van der Waals surface area (Å²) < 4.78 is 66.2. The molecule has 1 fully saturated rings. The molecule has 0 radical (unpaired) electrons. The van der Waals surface area contributed by atoms with E-state index in [0.29, 0.717) is 36.8 Å². The van der Waals surface area contributed by atoms with Crippen LogP contribution in [0.15, 0.2) is 41.3 Å². The molecule has 2 aliphatic rings. The van der Waals surface area contributed by atoms with Crippen molar-refractivity contribution < 1.29 is 26.7 Å². The lowest BCUT2D eigenvalue weighted by Crippen LogP contribution is -2.45. The maximum atomic E-state index is 13.5. The summed E-state index contributed by atoms with van der Waals surface area (Å²) in [6.07, 6.45) is 1.49. The third-order valence-corrected chi connectivity index (χ3v) is 7.36. The van der Waals surface area contributed by atoms with Gasteiger partial charge in [-0.25, -0.2) is 21.9 Å². The van der Waals surface area contributed by atoms with Gasteiger partial charge in [-0.2, -0.15) is 0 Å². The molecule has 2 aromatic carbocycles. The van der Waals surface area contributed by atoms with Crippen LogP contribution >= 0.6 is 0 Å². The van der Waals surface area contributed by atoms with Crippen LogP contribution in [0, 0.1) is 24.5 Å². The van der Waals surface area contributed by atoms with Gasteiger partial charge in [0.05, 0.1) is 4.90 Å². The molecule has 168 valence electrons. The molecule has 1 saturated heterocycles. The maximum absolute atomic E-state index is 13.5. The molecule has 31 heavy (non-hydrogen) atoms. The molecule has 0 bridgehead atoms. The summed E-state index contributed by atoms with van der Waals surface area (Å²) in [6.45, 7) is 4.66. The van der Waals surface area contributed by atoms with Crippen LogP contribution in [0.25, 0.3) is 0 Å². The second-order valence-corrected chi connectivity index (χ2v) is 9.88. The zero-order valence-electron chi connectivity index (χ0n) is 17.3. The molecular formula is C22H26F2N2O4S. The molecule has 1 N–H and O–H groups in total. The van der Waals surface area contributed by atoms with Crippen molar-refractivity contribution in [2.24, 2.45) is 5.92 Å². The average Bonchev–Trinajstić information content (AvgIpc) is 2.74. The Labute approximate surface area is 181 Å². The van der Waals surface area contributed by atoms with Gasteiger partial charge >= 0.3 is 0 Å². The smallest absolute Gasteiger partial charge is 0.240 e. The second-order valence-electron chi connectivity index (χ2n) is 8.15. The minimum Gasteiger partial charge on any atom is -0.486 e. The Kier molecular flexibility index (Phi) is 6.45. The number of sulfonamides is 1. The van der Waals surface area contributed by atoms with Crippen molar-refractivity contribution in [2.75, 3.05) is 32.8 Å². The Bertz CT molecular complexity index is 1040. The molecule has 2 aromatic rings. The highest BCUT2D eigenvalue weighted by molar-refractivity contribution is 7.89. The number of halogens is 2. The van der Waals surface area contributed by atoms with Gasteiger partial charge in [0.2, 0.25) is 10.0 Å². The fourth-order valence-corrected chi connectivity index (χ4v) is 5.38. The molecule has 1 unspecified atom stereocenters. The number of piperidine rings is 1. The molecule has 0 aromatic heterocycles. The van der Waals surface area contributed by atoms with E-state index in [-0.39, 0.29) is 22.7 Å². The highest BCUT2D eigenvalue weighted by Gasteiger charge is 2.27. The summed E-state index contributed by atoms with van der Waals surface area (Å²) in [5, 5.41) is 0. The van der Waals surface area contributed by atoms with Crippen LogP contribution in [0.2, 0.25) is 0 Å². The predicted molar refractivity (Wildman–Crippen MR) is 112 cm³/mol. The van der Waals surface area contributed by atoms with Crippen molar-refractivity contribution in [3.63, 3.8) is 0 Å². The Balaban J connectivity index is 1.25. The van der Waals surface area contributed by atoms with Crippen molar-refractivity contribution in [2.45, 2.75) is 30.8 Å². The lowest BCUT2D eigenvalue weighted by Gasteiger charge is -2.35. The van der Waals surface area contributed by atoms with Crippen molar-refractivity contribution in [1.29, 1.82) is 0 Å². The molecule has 6 nitrogen and oxygen atoms in total. The van der Waals surface area contributed by atoms with E-state index in [1.54, 1.807) is 13.0 Å². The van der Waals surface area contributed by atoms with Crippen molar-refractivity contribution in [3.8, 4) is 11.5 Å². The monoisotopic (exact) mass is 452 g/mol. The fraction of sp³-hybridized carbons (Fsp3) is 0.455. The zero-order chi connectivity index (χ0) is 22.0. The van der Waals surface area contributed by atoms with Gasteiger partial charge < -0.3 is 9.47 Å². The van der Waals surface area contributed by atoms with E-state index >= 15 is 0 Å². The number of nitrogens with one attached hydrogen (secondary N) is 1. The van der Waals surface area contributed by atoms with E-state index in [1.165, 1.54) is 24.3 Å². The Morgan fingerprint density at radius 1 is 1.06 bits per heavy atom. The highest BCUT2D eigenvalue weighted by Crippen LogP contribution is 2.32. The number of rotatable bonds is 6. The first-order valence-electron chi connectivity index (χ1n) is 10.4. The third-order valence-electron chi connectivity index (χ3n) is 5.79. The summed E-state index contributed by atoms with van der Waals surface area (Å²) >= 11 is 0. The molecule has 9 heteroatoms. The molecule has 4 rings (SSSR count). The first kappa shape index (κ1) is 22.0.